The highest BCUT2D eigenvalue weighted by Crippen LogP contribution is 2.16. The van der Waals surface area contributed by atoms with E-state index in [9.17, 15) is 14.4 Å². The highest BCUT2D eigenvalue weighted by molar-refractivity contribution is 5.89. The molecular weight excluding hydrogens is 276 g/mol. The maximum atomic E-state index is 12.4. The van der Waals surface area contributed by atoms with Crippen LogP contribution in [0.25, 0.3) is 0 Å². The van der Waals surface area contributed by atoms with Crippen LogP contribution in [-0.4, -0.2) is 65.5 Å². The van der Waals surface area contributed by atoms with Crippen molar-refractivity contribution in [3.63, 3.8) is 0 Å². The summed E-state index contributed by atoms with van der Waals surface area (Å²) >= 11 is 0. The summed E-state index contributed by atoms with van der Waals surface area (Å²) in [5.41, 5.74) is 4.21. The number of carbonyl (C=O) groups is 3. The van der Waals surface area contributed by atoms with Crippen molar-refractivity contribution in [3.05, 3.63) is 0 Å². The van der Waals surface area contributed by atoms with E-state index in [1.165, 1.54) is 0 Å². The van der Waals surface area contributed by atoms with Gasteiger partial charge in [0.2, 0.25) is 11.8 Å². The van der Waals surface area contributed by atoms with Gasteiger partial charge in [-0.1, -0.05) is 0 Å². The first kappa shape index (κ1) is 17.4. The van der Waals surface area contributed by atoms with Gasteiger partial charge in [-0.25, -0.2) is 4.79 Å². The van der Waals surface area contributed by atoms with E-state index in [1.807, 2.05) is 4.90 Å². The number of hydrogen-bond acceptors (Lipinski definition) is 5. The topological polar surface area (TPSA) is 125 Å². The molecule has 0 aromatic heterocycles. The lowest BCUT2D eigenvalue weighted by Gasteiger charge is -2.40. The summed E-state index contributed by atoms with van der Waals surface area (Å²) in [6.45, 7) is 6.56. The van der Waals surface area contributed by atoms with Crippen LogP contribution in [0.4, 0.5) is 0 Å². The van der Waals surface area contributed by atoms with Gasteiger partial charge in [0.05, 0.1) is 5.54 Å². The summed E-state index contributed by atoms with van der Waals surface area (Å²) < 4.78 is 0. The fourth-order valence-corrected chi connectivity index (χ4v) is 2.25. The van der Waals surface area contributed by atoms with Crippen LogP contribution in [0.1, 0.15) is 26.7 Å². The second kappa shape index (κ2) is 7.37. The van der Waals surface area contributed by atoms with E-state index < -0.39 is 23.5 Å². The Morgan fingerprint density at radius 3 is 2.38 bits per heavy atom. The Bertz CT molecular complexity index is 405. The van der Waals surface area contributed by atoms with Gasteiger partial charge >= 0.3 is 5.97 Å². The monoisotopic (exact) mass is 300 g/mol. The fourth-order valence-electron chi connectivity index (χ4n) is 2.25. The third-order valence-corrected chi connectivity index (χ3v) is 3.75. The molecule has 1 rings (SSSR count). The molecular formula is C13H24N4O4. The Labute approximate surface area is 124 Å². The number of carboxylic acid groups (broad SMARTS) is 1. The van der Waals surface area contributed by atoms with E-state index in [-0.39, 0.29) is 18.7 Å². The van der Waals surface area contributed by atoms with Gasteiger partial charge in [-0.2, -0.15) is 0 Å². The molecule has 0 aromatic carbocycles. The van der Waals surface area contributed by atoms with E-state index in [0.717, 1.165) is 26.2 Å². The molecule has 0 unspecified atom stereocenters. The number of rotatable bonds is 7. The number of primary amides is 1. The molecule has 1 aliphatic rings. The maximum Gasteiger partial charge on any atom is 0.326 e. The highest BCUT2D eigenvalue weighted by Gasteiger charge is 2.37. The van der Waals surface area contributed by atoms with Crippen molar-refractivity contribution >= 4 is 17.8 Å². The second-order valence-electron chi connectivity index (χ2n) is 5.67. The first-order valence-corrected chi connectivity index (χ1v) is 7.03. The molecule has 1 fully saturated rings. The molecule has 1 heterocycles. The van der Waals surface area contributed by atoms with E-state index in [2.05, 4.69) is 10.6 Å². The molecule has 0 spiro atoms. The Hall–Kier alpha value is -1.67. The predicted octanol–water partition coefficient (Wildman–Crippen LogP) is -1.49. The largest absolute Gasteiger partial charge is 0.480 e. The van der Waals surface area contributed by atoms with Gasteiger partial charge in [0, 0.05) is 32.6 Å². The number of piperazine rings is 1. The van der Waals surface area contributed by atoms with Crippen molar-refractivity contribution in [3.8, 4) is 0 Å². The van der Waals surface area contributed by atoms with Gasteiger partial charge in [-0.15, -0.1) is 0 Å². The van der Waals surface area contributed by atoms with Gasteiger partial charge in [-0.05, 0) is 20.3 Å². The van der Waals surface area contributed by atoms with Crippen LogP contribution in [0.5, 0.6) is 0 Å². The predicted molar refractivity (Wildman–Crippen MR) is 76.5 cm³/mol. The molecule has 0 saturated carbocycles. The van der Waals surface area contributed by atoms with E-state index >= 15 is 0 Å². The van der Waals surface area contributed by atoms with Crippen LogP contribution in [0, 0.1) is 0 Å². The molecule has 1 saturated heterocycles. The molecule has 5 N–H and O–H groups in total. The van der Waals surface area contributed by atoms with Crippen molar-refractivity contribution < 1.29 is 19.5 Å². The van der Waals surface area contributed by atoms with Crippen LogP contribution in [-0.2, 0) is 14.4 Å². The van der Waals surface area contributed by atoms with E-state index in [4.69, 9.17) is 10.8 Å². The number of nitrogens with one attached hydrogen (secondary N) is 2. The van der Waals surface area contributed by atoms with Crippen molar-refractivity contribution in [1.82, 2.24) is 15.5 Å². The summed E-state index contributed by atoms with van der Waals surface area (Å²) in [7, 11) is 0. The highest BCUT2D eigenvalue weighted by atomic mass is 16.4. The summed E-state index contributed by atoms with van der Waals surface area (Å²) in [6, 6.07) is -1.10. The minimum Gasteiger partial charge on any atom is -0.480 e. The summed E-state index contributed by atoms with van der Waals surface area (Å²) in [6.07, 6.45) is -0.0840. The molecule has 1 aliphatic heterocycles. The molecule has 8 heteroatoms. The summed E-state index contributed by atoms with van der Waals surface area (Å²) in [5, 5.41) is 14.8. The minimum atomic E-state index is -1.17. The van der Waals surface area contributed by atoms with Gasteiger partial charge in [-0.3, -0.25) is 14.5 Å². The average molecular weight is 300 g/mol. The second-order valence-corrected chi connectivity index (χ2v) is 5.67. The number of aliphatic carboxylic acids is 1. The molecule has 0 aliphatic carbocycles. The van der Waals surface area contributed by atoms with Crippen molar-refractivity contribution in [2.75, 3.05) is 26.2 Å². The van der Waals surface area contributed by atoms with Crippen molar-refractivity contribution in [2.24, 2.45) is 5.73 Å². The lowest BCUT2D eigenvalue weighted by atomic mass is 9.99. The van der Waals surface area contributed by atoms with Gasteiger partial charge < -0.3 is 21.5 Å². The van der Waals surface area contributed by atoms with Crippen LogP contribution in [0.3, 0.4) is 0 Å². The molecule has 120 valence electrons. The van der Waals surface area contributed by atoms with Crippen molar-refractivity contribution in [2.45, 2.75) is 38.3 Å². The third kappa shape index (κ3) is 4.98. The van der Waals surface area contributed by atoms with Gasteiger partial charge in [0.25, 0.3) is 0 Å². The minimum absolute atomic E-state index is 0.00591. The zero-order valence-corrected chi connectivity index (χ0v) is 12.5. The van der Waals surface area contributed by atoms with Crippen LogP contribution in [0.2, 0.25) is 0 Å². The Balaban J connectivity index is 2.66. The lowest BCUT2D eigenvalue weighted by Crippen LogP contribution is -2.61. The third-order valence-electron chi connectivity index (χ3n) is 3.75. The number of carboxylic acids is 1. The van der Waals surface area contributed by atoms with Crippen LogP contribution < -0.4 is 16.4 Å². The summed E-state index contributed by atoms with van der Waals surface area (Å²) in [5.74, 6) is -2.11. The Kier molecular flexibility index (Phi) is 6.10. The molecule has 2 amide bonds. The van der Waals surface area contributed by atoms with E-state index in [1.54, 1.807) is 13.8 Å². The van der Waals surface area contributed by atoms with Crippen molar-refractivity contribution in [1.29, 1.82) is 0 Å². The summed E-state index contributed by atoms with van der Waals surface area (Å²) in [4.78, 5) is 36.3. The standard InChI is InChI=1S/C13H24N4O4/c1-13(2,17-7-5-15-6-8-17)12(21)16-9(11(19)20)3-4-10(14)18/h9,15H,3-8H2,1-2H3,(H2,14,18)(H,16,21)(H,19,20)/t9-/m1/s1. The first-order valence-electron chi connectivity index (χ1n) is 7.03. The molecule has 21 heavy (non-hydrogen) atoms. The smallest absolute Gasteiger partial charge is 0.326 e. The molecule has 0 aromatic rings. The van der Waals surface area contributed by atoms with Crippen LogP contribution in [0.15, 0.2) is 0 Å². The molecule has 8 nitrogen and oxygen atoms in total. The number of amides is 2. The Morgan fingerprint density at radius 2 is 1.90 bits per heavy atom. The number of nitrogens with two attached hydrogens (primary N) is 1. The Morgan fingerprint density at radius 1 is 1.33 bits per heavy atom. The maximum absolute atomic E-state index is 12.4. The van der Waals surface area contributed by atoms with Gasteiger partial charge in [0.1, 0.15) is 6.04 Å². The van der Waals surface area contributed by atoms with Crippen LogP contribution >= 0.6 is 0 Å². The normalized spacial score (nSPS) is 18.0. The molecule has 0 radical (unpaired) electrons. The zero-order chi connectivity index (χ0) is 16.0. The number of hydrogen-bond donors (Lipinski definition) is 4. The first-order chi connectivity index (χ1) is 9.75. The average Bonchev–Trinajstić information content (AvgIpc) is 2.43. The quantitative estimate of drug-likeness (QED) is 0.454. The van der Waals surface area contributed by atoms with Gasteiger partial charge in [0.15, 0.2) is 0 Å². The SMILES string of the molecule is CC(C)(C(=O)N[C@H](CCC(N)=O)C(=O)O)N1CCNCC1. The number of carbonyl (C=O) groups excluding carboxylic acids is 2. The van der Waals surface area contributed by atoms with E-state index in [0.29, 0.717) is 0 Å². The fraction of sp³-hybridized carbons (Fsp3) is 0.769. The molecule has 1 atom stereocenters. The molecule has 0 bridgehead atoms. The lowest BCUT2D eigenvalue weighted by molar-refractivity contribution is -0.144. The number of nitrogens with zero attached hydrogens (tertiary/aromatic N) is 1. The zero-order valence-electron chi connectivity index (χ0n) is 12.5.